The Morgan fingerprint density at radius 1 is 0.921 bits per heavy atom. The van der Waals surface area contributed by atoms with Crippen LogP contribution in [0.4, 0.5) is 23.4 Å². The van der Waals surface area contributed by atoms with Crippen molar-refractivity contribution in [2.24, 2.45) is 0 Å². The summed E-state index contributed by atoms with van der Waals surface area (Å²) in [4.78, 5) is 39.7. The standard InChI is InChI=1S/C28H31N9O/c1-2-24-32-27(33-25-20-22(10-14-30-25)26(38)31-23-6-4-3-5-7-23)35-28(34-24)37-18-16-36(17-19-37)15-11-21-8-12-29-13-9-21/h3-10,12-14,20H,2,11,15-19H2,1H3,(H,31,38)(H,30,32,33,34,35). The van der Waals surface area contributed by atoms with Crippen molar-refractivity contribution in [3.63, 3.8) is 0 Å². The Hall–Kier alpha value is -4.44. The number of hydrogen-bond acceptors (Lipinski definition) is 9. The lowest BCUT2D eigenvalue weighted by atomic mass is 10.2. The van der Waals surface area contributed by atoms with E-state index < -0.39 is 0 Å². The van der Waals surface area contributed by atoms with E-state index in [0.717, 1.165) is 44.8 Å². The fourth-order valence-corrected chi connectivity index (χ4v) is 4.25. The molecule has 0 spiro atoms. The van der Waals surface area contributed by atoms with Crippen LogP contribution in [-0.2, 0) is 12.8 Å². The van der Waals surface area contributed by atoms with Crippen LogP contribution in [0.1, 0.15) is 28.7 Å². The van der Waals surface area contributed by atoms with Crippen molar-refractivity contribution in [1.29, 1.82) is 0 Å². The maximum Gasteiger partial charge on any atom is 0.255 e. The normalized spacial score (nSPS) is 13.8. The fourth-order valence-electron chi connectivity index (χ4n) is 4.25. The maximum atomic E-state index is 12.7. The Bertz CT molecular complexity index is 1340. The number of carbonyl (C=O) groups is 1. The first kappa shape index (κ1) is 25.2. The van der Waals surface area contributed by atoms with Gasteiger partial charge in [0.05, 0.1) is 0 Å². The number of para-hydroxylation sites is 1. The van der Waals surface area contributed by atoms with E-state index in [1.54, 1.807) is 18.3 Å². The SMILES string of the molecule is CCc1nc(Nc2cc(C(=O)Nc3ccccc3)ccn2)nc(N2CCN(CCc3ccncc3)CC2)n1. The number of hydrogen-bond donors (Lipinski definition) is 2. The molecular weight excluding hydrogens is 478 g/mol. The van der Waals surface area contributed by atoms with Gasteiger partial charge in [-0.1, -0.05) is 25.1 Å². The lowest BCUT2D eigenvalue weighted by Crippen LogP contribution is -2.47. The highest BCUT2D eigenvalue weighted by Gasteiger charge is 2.20. The minimum atomic E-state index is -0.214. The Morgan fingerprint density at radius 3 is 2.47 bits per heavy atom. The first-order chi connectivity index (χ1) is 18.7. The number of nitrogens with one attached hydrogen (secondary N) is 2. The van der Waals surface area contributed by atoms with Crippen LogP contribution in [0.15, 0.2) is 73.2 Å². The van der Waals surface area contributed by atoms with Crippen molar-refractivity contribution in [3.05, 3.63) is 90.1 Å². The molecule has 1 amide bonds. The quantitative estimate of drug-likeness (QED) is 0.350. The smallest absolute Gasteiger partial charge is 0.255 e. The van der Waals surface area contributed by atoms with Crippen LogP contribution in [0.2, 0.25) is 0 Å². The van der Waals surface area contributed by atoms with Gasteiger partial charge in [-0.3, -0.25) is 14.7 Å². The van der Waals surface area contributed by atoms with Gasteiger partial charge in [0.15, 0.2) is 0 Å². The number of aromatic nitrogens is 5. The molecule has 1 saturated heterocycles. The lowest BCUT2D eigenvalue weighted by molar-refractivity contribution is 0.102. The molecule has 1 aromatic carbocycles. The summed E-state index contributed by atoms with van der Waals surface area (Å²) in [5.41, 5.74) is 2.52. The monoisotopic (exact) mass is 509 g/mol. The van der Waals surface area contributed by atoms with E-state index in [2.05, 4.69) is 57.5 Å². The molecule has 0 radical (unpaired) electrons. The van der Waals surface area contributed by atoms with E-state index in [-0.39, 0.29) is 5.91 Å². The molecule has 0 bridgehead atoms. The minimum absolute atomic E-state index is 0.214. The van der Waals surface area contributed by atoms with E-state index in [9.17, 15) is 4.79 Å². The van der Waals surface area contributed by atoms with Gasteiger partial charge >= 0.3 is 0 Å². The molecule has 194 valence electrons. The van der Waals surface area contributed by atoms with Crippen LogP contribution in [0.5, 0.6) is 0 Å². The molecule has 1 aliphatic heterocycles. The average Bonchev–Trinajstić information content (AvgIpc) is 2.97. The van der Waals surface area contributed by atoms with Gasteiger partial charge in [0.1, 0.15) is 11.6 Å². The van der Waals surface area contributed by atoms with Crippen LogP contribution >= 0.6 is 0 Å². The van der Waals surface area contributed by atoms with E-state index >= 15 is 0 Å². The molecule has 10 heteroatoms. The summed E-state index contributed by atoms with van der Waals surface area (Å²) in [6.45, 7) is 6.61. The van der Waals surface area contributed by atoms with Crippen molar-refractivity contribution in [3.8, 4) is 0 Å². The number of pyridine rings is 2. The molecule has 5 rings (SSSR count). The maximum absolute atomic E-state index is 12.7. The molecule has 1 fully saturated rings. The number of piperazine rings is 1. The van der Waals surface area contributed by atoms with Gasteiger partial charge in [-0.15, -0.1) is 0 Å². The van der Waals surface area contributed by atoms with Crippen molar-refractivity contribution in [2.45, 2.75) is 19.8 Å². The summed E-state index contributed by atoms with van der Waals surface area (Å²) in [5, 5.41) is 6.06. The third-order valence-corrected chi connectivity index (χ3v) is 6.40. The zero-order chi connectivity index (χ0) is 26.2. The van der Waals surface area contributed by atoms with Gasteiger partial charge in [-0.25, -0.2) is 4.98 Å². The molecule has 10 nitrogen and oxygen atoms in total. The molecule has 0 aliphatic carbocycles. The number of benzene rings is 1. The molecule has 38 heavy (non-hydrogen) atoms. The lowest BCUT2D eigenvalue weighted by Gasteiger charge is -2.34. The summed E-state index contributed by atoms with van der Waals surface area (Å²) in [6, 6.07) is 16.9. The van der Waals surface area contributed by atoms with Gasteiger partial charge < -0.3 is 15.5 Å². The van der Waals surface area contributed by atoms with Gasteiger partial charge in [0.2, 0.25) is 11.9 Å². The summed E-state index contributed by atoms with van der Waals surface area (Å²) in [7, 11) is 0. The fraction of sp³-hybridized carbons (Fsp3) is 0.286. The second-order valence-corrected chi connectivity index (χ2v) is 9.04. The zero-order valence-electron chi connectivity index (χ0n) is 21.4. The van der Waals surface area contributed by atoms with E-state index in [1.165, 1.54) is 5.56 Å². The topological polar surface area (TPSA) is 112 Å². The van der Waals surface area contributed by atoms with Crippen molar-refractivity contribution < 1.29 is 4.79 Å². The first-order valence-corrected chi connectivity index (χ1v) is 12.9. The predicted octanol–water partition coefficient (Wildman–Crippen LogP) is 3.58. The Labute approximate surface area is 222 Å². The molecule has 3 aromatic heterocycles. The molecule has 0 atom stereocenters. The summed E-state index contributed by atoms with van der Waals surface area (Å²) < 4.78 is 0. The van der Waals surface area contributed by atoms with Gasteiger partial charge in [0, 0.05) is 69.0 Å². The Balaban J connectivity index is 1.22. The molecule has 2 N–H and O–H groups in total. The third-order valence-electron chi connectivity index (χ3n) is 6.40. The number of rotatable bonds is 9. The van der Waals surface area contributed by atoms with E-state index in [1.807, 2.05) is 49.6 Å². The molecule has 1 aliphatic rings. The number of anilines is 4. The highest BCUT2D eigenvalue weighted by Crippen LogP contribution is 2.18. The highest BCUT2D eigenvalue weighted by atomic mass is 16.1. The van der Waals surface area contributed by atoms with Gasteiger partial charge in [-0.05, 0) is 48.4 Å². The second kappa shape index (κ2) is 12.2. The van der Waals surface area contributed by atoms with Crippen molar-refractivity contribution in [2.75, 3.05) is 48.3 Å². The van der Waals surface area contributed by atoms with E-state index in [0.29, 0.717) is 35.5 Å². The van der Waals surface area contributed by atoms with Crippen LogP contribution in [0.25, 0.3) is 0 Å². The van der Waals surface area contributed by atoms with Crippen LogP contribution in [0, 0.1) is 0 Å². The number of amides is 1. The average molecular weight is 510 g/mol. The Morgan fingerprint density at radius 2 is 1.71 bits per heavy atom. The molecule has 0 unspecified atom stereocenters. The first-order valence-electron chi connectivity index (χ1n) is 12.9. The molecular formula is C28H31N9O. The predicted molar refractivity (Wildman–Crippen MR) is 148 cm³/mol. The van der Waals surface area contributed by atoms with Crippen molar-refractivity contribution in [1.82, 2.24) is 29.8 Å². The third kappa shape index (κ3) is 6.65. The summed E-state index contributed by atoms with van der Waals surface area (Å²) >= 11 is 0. The van der Waals surface area contributed by atoms with Crippen LogP contribution in [0.3, 0.4) is 0 Å². The zero-order valence-corrected chi connectivity index (χ0v) is 21.4. The largest absolute Gasteiger partial charge is 0.338 e. The molecule has 4 aromatic rings. The van der Waals surface area contributed by atoms with Crippen molar-refractivity contribution >= 4 is 29.3 Å². The second-order valence-electron chi connectivity index (χ2n) is 9.04. The van der Waals surface area contributed by atoms with Crippen LogP contribution < -0.4 is 15.5 Å². The number of carbonyl (C=O) groups excluding carboxylic acids is 1. The van der Waals surface area contributed by atoms with E-state index in [4.69, 9.17) is 0 Å². The highest BCUT2D eigenvalue weighted by molar-refractivity contribution is 6.04. The Kier molecular flexibility index (Phi) is 8.10. The summed E-state index contributed by atoms with van der Waals surface area (Å²) in [5.74, 6) is 2.06. The summed E-state index contributed by atoms with van der Waals surface area (Å²) in [6.07, 6.45) is 6.98. The molecule has 4 heterocycles. The minimum Gasteiger partial charge on any atom is -0.338 e. The number of aryl methyl sites for hydroxylation is 1. The molecule has 0 saturated carbocycles. The van der Waals surface area contributed by atoms with Crippen LogP contribution in [-0.4, -0.2) is 68.5 Å². The van der Waals surface area contributed by atoms with Gasteiger partial charge in [-0.2, -0.15) is 15.0 Å². The van der Waals surface area contributed by atoms with Gasteiger partial charge in [0.25, 0.3) is 5.91 Å². The number of nitrogens with zero attached hydrogens (tertiary/aromatic N) is 7.